The third-order valence-electron chi connectivity index (χ3n) is 4.80. The molecule has 0 radical (unpaired) electrons. The van der Waals surface area contributed by atoms with Gasteiger partial charge in [0.1, 0.15) is 5.84 Å². The summed E-state index contributed by atoms with van der Waals surface area (Å²) >= 11 is 0. The van der Waals surface area contributed by atoms with Crippen LogP contribution in [-0.2, 0) is 20.0 Å². The summed E-state index contributed by atoms with van der Waals surface area (Å²) in [4.78, 5) is 1.87. The summed E-state index contributed by atoms with van der Waals surface area (Å²) < 4.78 is 57.0. The van der Waals surface area contributed by atoms with Crippen molar-refractivity contribution in [2.75, 3.05) is 18.3 Å². The first-order valence-corrected chi connectivity index (χ1v) is 12.3. The van der Waals surface area contributed by atoms with Gasteiger partial charge in [0.2, 0.25) is 0 Å². The van der Waals surface area contributed by atoms with Crippen LogP contribution in [0.2, 0.25) is 0 Å². The second-order valence-electron chi connectivity index (χ2n) is 7.36. The molecule has 156 valence electrons. The molecular formula is C20H25N3O4S2. The quantitative estimate of drug-likeness (QED) is 0.750. The van der Waals surface area contributed by atoms with E-state index in [1.807, 2.05) is 18.7 Å². The van der Waals surface area contributed by atoms with Crippen LogP contribution in [0.15, 0.2) is 62.7 Å². The predicted molar refractivity (Wildman–Crippen MR) is 114 cm³/mol. The van der Waals surface area contributed by atoms with Crippen molar-refractivity contribution >= 4 is 31.6 Å². The molecule has 1 heterocycles. The second kappa shape index (κ2) is 8.16. The lowest BCUT2D eigenvalue weighted by molar-refractivity contribution is 0.548. The van der Waals surface area contributed by atoms with Gasteiger partial charge in [-0.25, -0.2) is 8.42 Å². The Kier molecular flexibility index (Phi) is 6.00. The molecule has 1 N–H and O–H groups in total. The van der Waals surface area contributed by atoms with Crippen molar-refractivity contribution in [1.82, 2.24) is 4.90 Å². The average Bonchev–Trinajstić information content (AvgIpc) is 3.05. The van der Waals surface area contributed by atoms with Crippen LogP contribution >= 0.6 is 0 Å². The fourth-order valence-electron chi connectivity index (χ4n) is 3.07. The molecule has 2 aromatic carbocycles. The van der Waals surface area contributed by atoms with Gasteiger partial charge in [-0.1, -0.05) is 32.0 Å². The van der Waals surface area contributed by atoms with Crippen LogP contribution in [0.4, 0.5) is 5.69 Å². The number of nitrogens with zero attached hydrogens (tertiary/aromatic N) is 2. The maximum Gasteiger partial charge on any atom is 0.284 e. The SMILES string of the molecule is CC(C)c1ccc(S(=O)(=O)Nc2cccc(S(=O)(=O)N=C3CCCN3C)c2)cc1. The molecule has 7 nitrogen and oxygen atoms in total. The maximum atomic E-state index is 12.7. The zero-order chi connectivity index (χ0) is 21.2. The molecule has 3 rings (SSSR count). The summed E-state index contributed by atoms with van der Waals surface area (Å²) in [5.41, 5.74) is 1.20. The van der Waals surface area contributed by atoms with Gasteiger partial charge >= 0.3 is 0 Å². The molecule has 0 saturated carbocycles. The van der Waals surface area contributed by atoms with Crippen molar-refractivity contribution in [2.45, 2.75) is 42.4 Å². The lowest BCUT2D eigenvalue weighted by Gasteiger charge is -2.12. The maximum absolute atomic E-state index is 12.7. The van der Waals surface area contributed by atoms with Gasteiger partial charge in [0.25, 0.3) is 20.0 Å². The van der Waals surface area contributed by atoms with Gasteiger partial charge in [-0.15, -0.1) is 4.40 Å². The van der Waals surface area contributed by atoms with Crippen LogP contribution in [-0.4, -0.2) is 41.2 Å². The highest BCUT2D eigenvalue weighted by Crippen LogP contribution is 2.23. The van der Waals surface area contributed by atoms with E-state index in [-0.39, 0.29) is 15.5 Å². The summed E-state index contributed by atoms with van der Waals surface area (Å²) in [5, 5.41) is 0. The third-order valence-corrected chi connectivity index (χ3v) is 7.50. The molecule has 0 atom stereocenters. The number of likely N-dealkylation sites (tertiary alicyclic amines) is 1. The molecule has 0 spiro atoms. The molecular weight excluding hydrogens is 410 g/mol. The number of rotatable bonds is 6. The van der Waals surface area contributed by atoms with Crippen LogP contribution in [0, 0.1) is 0 Å². The van der Waals surface area contributed by atoms with Gasteiger partial charge in [0.05, 0.1) is 15.5 Å². The van der Waals surface area contributed by atoms with Gasteiger partial charge in [-0.05, 0) is 48.2 Å². The van der Waals surface area contributed by atoms with Crippen molar-refractivity contribution in [2.24, 2.45) is 4.40 Å². The molecule has 29 heavy (non-hydrogen) atoms. The fraction of sp³-hybridized carbons (Fsp3) is 0.350. The molecule has 0 aliphatic carbocycles. The molecule has 0 unspecified atom stereocenters. The smallest absolute Gasteiger partial charge is 0.284 e. The number of hydrogen-bond acceptors (Lipinski definition) is 4. The molecule has 1 aliphatic rings. The molecule has 9 heteroatoms. The van der Waals surface area contributed by atoms with E-state index < -0.39 is 20.0 Å². The Morgan fingerprint density at radius 2 is 1.69 bits per heavy atom. The zero-order valence-electron chi connectivity index (χ0n) is 16.7. The van der Waals surface area contributed by atoms with Crippen LogP contribution in [0.3, 0.4) is 0 Å². The van der Waals surface area contributed by atoms with E-state index in [9.17, 15) is 16.8 Å². The highest BCUT2D eigenvalue weighted by molar-refractivity contribution is 7.92. The van der Waals surface area contributed by atoms with Crippen LogP contribution in [0.1, 0.15) is 38.2 Å². The van der Waals surface area contributed by atoms with Gasteiger partial charge < -0.3 is 4.90 Å². The molecule has 0 amide bonds. The Morgan fingerprint density at radius 1 is 1.00 bits per heavy atom. The Morgan fingerprint density at radius 3 is 2.28 bits per heavy atom. The van der Waals surface area contributed by atoms with Gasteiger partial charge in [0, 0.05) is 20.0 Å². The largest absolute Gasteiger partial charge is 0.362 e. The molecule has 0 bridgehead atoms. The topological polar surface area (TPSA) is 95.9 Å². The minimum Gasteiger partial charge on any atom is -0.362 e. The van der Waals surface area contributed by atoms with E-state index in [2.05, 4.69) is 9.12 Å². The Balaban J connectivity index is 1.85. The van der Waals surface area contributed by atoms with Gasteiger partial charge in [0.15, 0.2) is 0 Å². The Labute approximate surface area is 172 Å². The number of amidine groups is 1. The van der Waals surface area contributed by atoms with Crippen molar-refractivity contribution in [3.8, 4) is 0 Å². The van der Waals surface area contributed by atoms with E-state index in [1.165, 1.54) is 24.3 Å². The zero-order valence-corrected chi connectivity index (χ0v) is 18.3. The highest BCUT2D eigenvalue weighted by Gasteiger charge is 2.21. The van der Waals surface area contributed by atoms with Gasteiger partial charge in [-0.2, -0.15) is 8.42 Å². The Bertz CT molecular complexity index is 1120. The van der Waals surface area contributed by atoms with Crippen LogP contribution in [0.5, 0.6) is 0 Å². The van der Waals surface area contributed by atoms with Crippen molar-refractivity contribution in [3.63, 3.8) is 0 Å². The van der Waals surface area contributed by atoms with Crippen LogP contribution in [0.25, 0.3) is 0 Å². The van der Waals surface area contributed by atoms with E-state index in [0.717, 1.165) is 18.5 Å². The molecule has 0 aromatic heterocycles. The third kappa shape index (κ3) is 4.97. The van der Waals surface area contributed by atoms with E-state index in [1.54, 1.807) is 31.3 Å². The molecule has 2 aromatic rings. The monoisotopic (exact) mass is 435 g/mol. The molecule has 1 fully saturated rings. The number of hydrogen-bond donors (Lipinski definition) is 1. The minimum atomic E-state index is -3.92. The molecule has 1 aliphatic heterocycles. The average molecular weight is 436 g/mol. The first-order chi connectivity index (χ1) is 13.6. The van der Waals surface area contributed by atoms with Crippen molar-refractivity contribution in [1.29, 1.82) is 0 Å². The number of benzene rings is 2. The predicted octanol–water partition coefficient (Wildman–Crippen LogP) is 3.42. The van der Waals surface area contributed by atoms with Gasteiger partial charge in [-0.3, -0.25) is 4.72 Å². The normalized spacial score (nSPS) is 16.6. The second-order valence-corrected chi connectivity index (χ2v) is 10.7. The number of nitrogens with one attached hydrogen (secondary N) is 1. The van der Waals surface area contributed by atoms with E-state index in [4.69, 9.17) is 0 Å². The Hall–Kier alpha value is -2.39. The summed E-state index contributed by atoms with van der Waals surface area (Å²) in [6.07, 6.45) is 1.47. The summed E-state index contributed by atoms with van der Waals surface area (Å²) in [6.45, 7) is 4.82. The first-order valence-electron chi connectivity index (χ1n) is 9.36. The van der Waals surface area contributed by atoms with Crippen molar-refractivity contribution < 1.29 is 16.8 Å². The van der Waals surface area contributed by atoms with E-state index in [0.29, 0.717) is 18.2 Å². The minimum absolute atomic E-state index is 0.0549. The highest BCUT2D eigenvalue weighted by atomic mass is 32.2. The number of anilines is 1. The summed E-state index contributed by atoms with van der Waals surface area (Å²) in [6, 6.07) is 12.3. The standard InChI is InChI=1S/C20H25N3O4S2/c1-15(2)16-9-11-18(12-10-16)28(24,25)21-17-6-4-7-19(14-17)29(26,27)22-20-8-5-13-23(20)3/h4,6-7,9-12,14-15,21H,5,8,13H2,1-3H3. The lowest BCUT2D eigenvalue weighted by Crippen LogP contribution is -2.20. The van der Waals surface area contributed by atoms with E-state index >= 15 is 0 Å². The molecule has 1 saturated heterocycles. The fourth-order valence-corrected chi connectivity index (χ4v) is 5.26. The summed E-state index contributed by atoms with van der Waals surface area (Å²) in [7, 11) is -5.96. The first kappa shape index (κ1) is 21.3. The number of sulfonamides is 2. The summed E-state index contributed by atoms with van der Waals surface area (Å²) in [5.74, 6) is 0.809. The lowest BCUT2D eigenvalue weighted by atomic mass is 10.0. The van der Waals surface area contributed by atoms with Crippen molar-refractivity contribution in [3.05, 3.63) is 54.1 Å². The van der Waals surface area contributed by atoms with Crippen LogP contribution < -0.4 is 4.72 Å².